The summed E-state index contributed by atoms with van der Waals surface area (Å²) in [4.78, 5) is 43.0. The van der Waals surface area contributed by atoms with Gasteiger partial charge in [0.05, 0.1) is 30.8 Å². The maximum Gasteiger partial charge on any atom is 0.312 e. The van der Waals surface area contributed by atoms with E-state index in [2.05, 4.69) is 5.32 Å². The minimum Gasteiger partial charge on any atom is -0.466 e. The van der Waals surface area contributed by atoms with Crippen LogP contribution in [0.1, 0.15) is 50.3 Å². The monoisotopic (exact) mass is 506 g/mol. The molecule has 2 aromatic rings. The number of carbonyl (C=O) groups is 3. The van der Waals surface area contributed by atoms with E-state index in [1.54, 1.807) is 6.92 Å². The van der Waals surface area contributed by atoms with Crippen molar-refractivity contribution in [3.05, 3.63) is 71.8 Å². The summed E-state index contributed by atoms with van der Waals surface area (Å²) < 4.78 is 12.1. The van der Waals surface area contributed by atoms with Gasteiger partial charge in [0, 0.05) is 6.54 Å². The molecule has 5 rings (SSSR count). The predicted octanol–water partition coefficient (Wildman–Crippen LogP) is 2.75. The number of ether oxygens (including phenoxy) is 2. The smallest absolute Gasteiger partial charge is 0.312 e. The Morgan fingerprint density at radius 2 is 1.78 bits per heavy atom. The first kappa shape index (κ1) is 25.4. The molecule has 2 aromatic carbocycles. The molecular weight excluding hydrogens is 472 g/mol. The number of aliphatic hydroxyl groups excluding tert-OH is 1. The quantitative estimate of drug-likeness (QED) is 0.507. The van der Waals surface area contributed by atoms with E-state index in [-0.39, 0.29) is 31.6 Å². The highest BCUT2D eigenvalue weighted by atomic mass is 16.6. The van der Waals surface area contributed by atoms with E-state index in [1.165, 1.54) is 4.90 Å². The largest absolute Gasteiger partial charge is 0.466 e. The molecule has 2 bridgehead atoms. The molecular formula is C29H34N2O6. The molecule has 37 heavy (non-hydrogen) atoms. The number of aliphatic hydroxyl groups is 1. The first-order valence-electron chi connectivity index (χ1n) is 13.1. The summed E-state index contributed by atoms with van der Waals surface area (Å²) in [5, 5.41) is 13.5. The first-order valence-corrected chi connectivity index (χ1v) is 13.1. The molecule has 3 fully saturated rings. The zero-order valence-electron chi connectivity index (χ0n) is 21.3. The molecule has 8 nitrogen and oxygen atoms in total. The van der Waals surface area contributed by atoms with E-state index in [4.69, 9.17) is 9.47 Å². The van der Waals surface area contributed by atoms with E-state index < -0.39 is 41.1 Å². The summed E-state index contributed by atoms with van der Waals surface area (Å²) in [6.07, 6.45) is 1.56. The van der Waals surface area contributed by atoms with Gasteiger partial charge >= 0.3 is 5.97 Å². The Morgan fingerprint density at radius 1 is 1.11 bits per heavy atom. The molecule has 2 N–H and O–H groups in total. The van der Waals surface area contributed by atoms with Crippen molar-refractivity contribution in [3.63, 3.8) is 0 Å². The van der Waals surface area contributed by atoms with Crippen LogP contribution in [0, 0.1) is 11.8 Å². The second-order valence-corrected chi connectivity index (χ2v) is 10.1. The highest BCUT2D eigenvalue weighted by Gasteiger charge is 2.79. The molecule has 0 saturated carbocycles. The van der Waals surface area contributed by atoms with E-state index >= 15 is 0 Å². The molecule has 0 aliphatic carbocycles. The fourth-order valence-electron chi connectivity index (χ4n) is 6.79. The van der Waals surface area contributed by atoms with Crippen LogP contribution < -0.4 is 5.32 Å². The first-order chi connectivity index (χ1) is 17.9. The van der Waals surface area contributed by atoms with Gasteiger partial charge in [-0.25, -0.2) is 0 Å². The lowest BCUT2D eigenvalue weighted by molar-refractivity contribution is -0.162. The van der Waals surface area contributed by atoms with Gasteiger partial charge in [-0.3, -0.25) is 14.4 Å². The molecule has 3 heterocycles. The van der Waals surface area contributed by atoms with Crippen LogP contribution in [0.3, 0.4) is 0 Å². The Bertz CT molecular complexity index is 1160. The Kier molecular flexibility index (Phi) is 6.81. The number of amides is 2. The minimum atomic E-state index is -1.17. The number of likely N-dealkylation sites (tertiary alicyclic amines) is 1. The summed E-state index contributed by atoms with van der Waals surface area (Å²) in [6, 6.07) is 16.9. The zero-order chi connectivity index (χ0) is 26.2. The SMILES string of the molecule is CCOC(=O)[C@@H]1[C@H]2C(=O)N([C@H](CO)c3ccccc3)C(C(=O)NCc3ccccc3)C23CC[C@@]1(CC)O3. The van der Waals surface area contributed by atoms with Crippen LogP contribution in [-0.2, 0) is 30.4 Å². The number of hydrogen-bond donors (Lipinski definition) is 2. The minimum absolute atomic E-state index is 0.191. The highest BCUT2D eigenvalue weighted by Crippen LogP contribution is 2.65. The summed E-state index contributed by atoms with van der Waals surface area (Å²) in [5.74, 6) is -2.83. The van der Waals surface area contributed by atoms with E-state index in [0.29, 0.717) is 24.8 Å². The zero-order valence-corrected chi connectivity index (χ0v) is 21.3. The van der Waals surface area contributed by atoms with Gasteiger partial charge in [0.25, 0.3) is 0 Å². The molecule has 0 radical (unpaired) electrons. The average molecular weight is 507 g/mol. The number of fused-ring (bicyclic) bond motifs is 1. The summed E-state index contributed by atoms with van der Waals surface area (Å²) >= 11 is 0. The van der Waals surface area contributed by atoms with Gasteiger partial charge in [0.1, 0.15) is 17.6 Å². The Morgan fingerprint density at radius 3 is 2.41 bits per heavy atom. The Hall–Kier alpha value is -3.23. The summed E-state index contributed by atoms with van der Waals surface area (Å²) in [7, 11) is 0. The number of rotatable bonds is 9. The van der Waals surface area contributed by atoms with Crippen LogP contribution in [0.25, 0.3) is 0 Å². The number of nitrogens with one attached hydrogen (secondary N) is 1. The van der Waals surface area contributed by atoms with Gasteiger partial charge in [0.2, 0.25) is 11.8 Å². The van der Waals surface area contributed by atoms with Crippen LogP contribution in [0.4, 0.5) is 0 Å². The summed E-state index contributed by atoms with van der Waals surface area (Å²) in [5.41, 5.74) is -0.386. The molecule has 196 valence electrons. The van der Waals surface area contributed by atoms with Crippen molar-refractivity contribution in [2.24, 2.45) is 11.8 Å². The normalized spacial score (nSPS) is 30.7. The van der Waals surface area contributed by atoms with Crippen molar-refractivity contribution in [1.29, 1.82) is 0 Å². The van der Waals surface area contributed by atoms with Crippen LogP contribution in [0.15, 0.2) is 60.7 Å². The van der Waals surface area contributed by atoms with Gasteiger partial charge in [-0.15, -0.1) is 0 Å². The van der Waals surface area contributed by atoms with Gasteiger partial charge < -0.3 is 24.8 Å². The molecule has 3 aliphatic rings. The maximum absolute atomic E-state index is 14.3. The third-order valence-corrected chi connectivity index (χ3v) is 8.41. The van der Waals surface area contributed by atoms with Crippen LogP contribution in [0.5, 0.6) is 0 Å². The predicted molar refractivity (Wildman–Crippen MR) is 135 cm³/mol. The van der Waals surface area contributed by atoms with Gasteiger partial charge in [0.15, 0.2) is 0 Å². The fraction of sp³-hybridized carbons (Fsp3) is 0.483. The van der Waals surface area contributed by atoms with Crippen LogP contribution >= 0.6 is 0 Å². The van der Waals surface area contributed by atoms with E-state index in [9.17, 15) is 19.5 Å². The Labute approximate surface area is 216 Å². The van der Waals surface area contributed by atoms with Gasteiger partial charge in [-0.2, -0.15) is 0 Å². The molecule has 3 saturated heterocycles. The van der Waals surface area contributed by atoms with E-state index in [0.717, 1.165) is 5.56 Å². The molecule has 3 aliphatic heterocycles. The lowest BCUT2D eigenvalue weighted by Crippen LogP contribution is -2.56. The van der Waals surface area contributed by atoms with Crippen molar-refractivity contribution in [2.45, 2.75) is 62.9 Å². The standard InChI is InChI=1S/C29H34N2O6/c1-3-28-15-16-29(37-28)22(23(28)27(35)36-4-2)26(34)31(21(18-32)20-13-9-6-10-14-20)24(29)25(33)30-17-19-11-7-5-8-12-19/h5-14,21-24,32H,3-4,15-18H2,1-2H3,(H,30,33)/t21-,22+,23+,24?,28-,29?/m1/s1. The van der Waals surface area contributed by atoms with E-state index in [1.807, 2.05) is 67.6 Å². The number of esters is 1. The Balaban J connectivity index is 1.58. The topological polar surface area (TPSA) is 105 Å². The van der Waals surface area contributed by atoms with Crippen molar-refractivity contribution in [1.82, 2.24) is 10.2 Å². The molecule has 0 aromatic heterocycles. The molecule has 6 atom stereocenters. The van der Waals surface area contributed by atoms with Gasteiger partial charge in [-0.1, -0.05) is 67.6 Å². The molecule has 1 spiro atoms. The highest BCUT2D eigenvalue weighted by molar-refractivity contribution is 5.98. The van der Waals surface area contributed by atoms with Gasteiger partial charge in [-0.05, 0) is 37.3 Å². The maximum atomic E-state index is 14.3. The fourth-order valence-corrected chi connectivity index (χ4v) is 6.79. The second kappa shape index (κ2) is 9.91. The third-order valence-electron chi connectivity index (χ3n) is 8.41. The number of benzene rings is 2. The number of carbonyl (C=O) groups excluding carboxylic acids is 3. The van der Waals surface area contributed by atoms with Crippen molar-refractivity contribution in [3.8, 4) is 0 Å². The average Bonchev–Trinajstić information content (AvgIpc) is 3.53. The lowest BCUT2D eigenvalue weighted by Gasteiger charge is -2.37. The molecule has 8 heteroatoms. The van der Waals surface area contributed by atoms with Crippen LogP contribution in [-0.4, -0.2) is 58.2 Å². The summed E-state index contributed by atoms with van der Waals surface area (Å²) in [6.45, 7) is 3.79. The third kappa shape index (κ3) is 3.94. The van der Waals surface area contributed by atoms with Crippen LogP contribution in [0.2, 0.25) is 0 Å². The molecule has 2 amide bonds. The lowest BCUT2D eigenvalue weighted by atomic mass is 9.65. The van der Waals surface area contributed by atoms with Crippen molar-refractivity contribution >= 4 is 17.8 Å². The number of hydrogen-bond acceptors (Lipinski definition) is 6. The molecule has 2 unspecified atom stereocenters. The van der Waals surface area contributed by atoms with Crippen molar-refractivity contribution in [2.75, 3.05) is 13.2 Å². The number of nitrogens with zero attached hydrogens (tertiary/aromatic N) is 1. The van der Waals surface area contributed by atoms with Crippen molar-refractivity contribution < 1.29 is 29.0 Å². The second-order valence-electron chi connectivity index (χ2n) is 10.1.